The van der Waals surface area contributed by atoms with Crippen LogP contribution in [-0.2, 0) is 10.0 Å². The summed E-state index contributed by atoms with van der Waals surface area (Å²) in [5, 5.41) is 9.22. The lowest BCUT2D eigenvalue weighted by molar-refractivity contribution is 0.0692. The maximum atomic E-state index is 12.3. The molecule has 0 unspecified atom stereocenters. The van der Waals surface area contributed by atoms with Gasteiger partial charge in [-0.2, -0.15) is 0 Å². The number of nitrogens with zero attached hydrogens (tertiary/aromatic N) is 1. The standard InChI is InChI=1S/C12H17NO7S/c1-13(2)21(16,17)8-6-7(12(14)15)9(18-3)11(20-5)10(8)19-4/h6H,1-5H3,(H,14,15). The van der Waals surface area contributed by atoms with Gasteiger partial charge in [0.05, 0.1) is 21.3 Å². The van der Waals surface area contributed by atoms with Crippen molar-refractivity contribution in [3.8, 4) is 17.2 Å². The van der Waals surface area contributed by atoms with Crippen LogP contribution in [0.25, 0.3) is 0 Å². The Morgan fingerprint density at radius 2 is 1.52 bits per heavy atom. The van der Waals surface area contributed by atoms with E-state index in [2.05, 4.69) is 0 Å². The Bertz CT molecular complexity index is 652. The van der Waals surface area contributed by atoms with Crippen LogP contribution in [0.15, 0.2) is 11.0 Å². The molecule has 0 fully saturated rings. The number of hydrogen-bond acceptors (Lipinski definition) is 6. The third-order valence-electron chi connectivity index (χ3n) is 2.76. The summed E-state index contributed by atoms with van der Waals surface area (Å²) < 4.78 is 40.7. The lowest BCUT2D eigenvalue weighted by atomic mass is 10.1. The van der Waals surface area contributed by atoms with Crippen molar-refractivity contribution in [1.29, 1.82) is 0 Å². The summed E-state index contributed by atoms with van der Waals surface area (Å²) in [6.45, 7) is 0. The minimum absolute atomic E-state index is 0.0969. The quantitative estimate of drug-likeness (QED) is 0.821. The molecule has 21 heavy (non-hydrogen) atoms. The highest BCUT2D eigenvalue weighted by Crippen LogP contribution is 2.45. The fraction of sp³-hybridized carbons (Fsp3) is 0.417. The number of carbonyl (C=O) groups is 1. The second-order valence-electron chi connectivity index (χ2n) is 4.11. The number of hydrogen-bond donors (Lipinski definition) is 1. The summed E-state index contributed by atoms with van der Waals surface area (Å²) in [7, 11) is 2.50. The van der Waals surface area contributed by atoms with Gasteiger partial charge in [-0.3, -0.25) is 0 Å². The maximum Gasteiger partial charge on any atom is 0.339 e. The van der Waals surface area contributed by atoms with Crippen molar-refractivity contribution in [3.05, 3.63) is 11.6 Å². The first-order valence-electron chi connectivity index (χ1n) is 5.71. The van der Waals surface area contributed by atoms with Crippen LogP contribution in [0.4, 0.5) is 0 Å². The number of carboxylic acids is 1. The fourth-order valence-corrected chi connectivity index (χ4v) is 2.80. The van der Waals surface area contributed by atoms with Crippen LogP contribution in [0.1, 0.15) is 10.4 Å². The van der Waals surface area contributed by atoms with Gasteiger partial charge in [0, 0.05) is 14.1 Å². The van der Waals surface area contributed by atoms with Crippen LogP contribution >= 0.6 is 0 Å². The molecule has 0 amide bonds. The smallest absolute Gasteiger partial charge is 0.339 e. The second kappa shape index (κ2) is 6.19. The Hall–Kier alpha value is -2.00. The molecule has 0 bridgehead atoms. The van der Waals surface area contributed by atoms with E-state index in [9.17, 15) is 18.3 Å². The Morgan fingerprint density at radius 3 is 1.86 bits per heavy atom. The fourth-order valence-electron chi connectivity index (χ4n) is 1.73. The summed E-state index contributed by atoms with van der Waals surface area (Å²) in [5.41, 5.74) is -0.337. The van der Waals surface area contributed by atoms with E-state index in [4.69, 9.17) is 14.2 Å². The normalized spacial score (nSPS) is 11.3. The van der Waals surface area contributed by atoms with Crippen molar-refractivity contribution in [2.75, 3.05) is 35.4 Å². The summed E-state index contributed by atoms with van der Waals surface area (Å²) in [6, 6.07) is 0.984. The van der Waals surface area contributed by atoms with Gasteiger partial charge in [0.1, 0.15) is 10.5 Å². The molecule has 0 saturated carbocycles. The van der Waals surface area contributed by atoms with E-state index in [1.165, 1.54) is 35.4 Å². The van der Waals surface area contributed by atoms with Gasteiger partial charge in [-0.1, -0.05) is 0 Å². The van der Waals surface area contributed by atoms with Crippen LogP contribution < -0.4 is 14.2 Å². The average molecular weight is 319 g/mol. The number of benzene rings is 1. The molecule has 0 heterocycles. The molecule has 0 saturated heterocycles. The molecule has 1 N–H and O–H groups in total. The van der Waals surface area contributed by atoms with Gasteiger partial charge in [-0.05, 0) is 6.07 Å². The van der Waals surface area contributed by atoms with Gasteiger partial charge in [0.15, 0.2) is 11.5 Å². The molecule has 118 valence electrons. The summed E-state index contributed by atoms with van der Waals surface area (Å²) in [4.78, 5) is 11.0. The Labute approximate surface area is 122 Å². The molecule has 0 radical (unpaired) electrons. The van der Waals surface area contributed by atoms with Crippen molar-refractivity contribution in [1.82, 2.24) is 4.31 Å². The van der Waals surface area contributed by atoms with Gasteiger partial charge < -0.3 is 19.3 Å². The maximum absolute atomic E-state index is 12.3. The van der Waals surface area contributed by atoms with E-state index in [1.807, 2.05) is 0 Å². The van der Waals surface area contributed by atoms with Gasteiger partial charge >= 0.3 is 5.97 Å². The van der Waals surface area contributed by atoms with Gasteiger partial charge in [-0.15, -0.1) is 0 Å². The summed E-state index contributed by atoms with van der Waals surface area (Å²) >= 11 is 0. The van der Waals surface area contributed by atoms with Crippen LogP contribution in [0, 0.1) is 0 Å². The van der Waals surface area contributed by atoms with Crippen LogP contribution in [0.5, 0.6) is 17.2 Å². The van der Waals surface area contributed by atoms with Crippen molar-refractivity contribution in [2.24, 2.45) is 0 Å². The highest BCUT2D eigenvalue weighted by atomic mass is 32.2. The summed E-state index contributed by atoms with van der Waals surface area (Å²) in [5.74, 6) is -1.67. The van der Waals surface area contributed by atoms with E-state index >= 15 is 0 Å². The molecule has 1 rings (SSSR count). The first-order valence-corrected chi connectivity index (χ1v) is 7.15. The SMILES string of the molecule is COc1c(C(=O)O)cc(S(=O)(=O)N(C)C)c(OC)c1OC. The second-order valence-corrected chi connectivity index (χ2v) is 6.23. The zero-order valence-corrected chi connectivity index (χ0v) is 13.1. The predicted octanol–water partition coefficient (Wildman–Crippen LogP) is 0.661. The van der Waals surface area contributed by atoms with E-state index in [0.717, 1.165) is 10.4 Å². The molecule has 0 aliphatic carbocycles. The molecule has 1 aromatic carbocycles. The Morgan fingerprint density at radius 1 is 1.05 bits per heavy atom. The topological polar surface area (TPSA) is 102 Å². The van der Waals surface area contributed by atoms with Crippen LogP contribution in [0.3, 0.4) is 0 Å². The largest absolute Gasteiger partial charge is 0.492 e. The molecule has 0 atom stereocenters. The molecule has 0 aliphatic heterocycles. The molecular formula is C12H17NO7S. The molecule has 1 aromatic rings. The number of ether oxygens (including phenoxy) is 3. The predicted molar refractivity (Wildman–Crippen MR) is 73.9 cm³/mol. The van der Waals surface area contributed by atoms with Crippen LogP contribution in [-0.4, -0.2) is 59.2 Å². The Balaban J connectivity index is 3.90. The van der Waals surface area contributed by atoms with E-state index in [1.54, 1.807) is 0 Å². The van der Waals surface area contributed by atoms with E-state index < -0.39 is 16.0 Å². The number of aromatic carboxylic acids is 1. The van der Waals surface area contributed by atoms with Crippen molar-refractivity contribution >= 4 is 16.0 Å². The highest BCUT2D eigenvalue weighted by molar-refractivity contribution is 7.89. The van der Waals surface area contributed by atoms with E-state index in [-0.39, 0.29) is 27.7 Å². The first-order chi connectivity index (χ1) is 9.72. The van der Waals surface area contributed by atoms with Crippen molar-refractivity contribution in [3.63, 3.8) is 0 Å². The highest BCUT2D eigenvalue weighted by Gasteiger charge is 2.31. The Kier molecular flexibility index (Phi) is 5.02. The van der Waals surface area contributed by atoms with Gasteiger partial charge in [0.25, 0.3) is 0 Å². The minimum atomic E-state index is -3.92. The zero-order chi connectivity index (χ0) is 16.4. The third kappa shape index (κ3) is 2.88. The third-order valence-corrected chi connectivity index (χ3v) is 4.58. The number of rotatable bonds is 6. The molecule has 8 nitrogen and oxygen atoms in total. The van der Waals surface area contributed by atoms with Crippen molar-refractivity contribution in [2.45, 2.75) is 4.90 Å². The zero-order valence-electron chi connectivity index (χ0n) is 12.3. The van der Waals surface area contributed by atoms with Crippen molar-refractivity contribution < 1.29 is 32.5 Å². The molecule has 0 spiro atoms. The van der Waals surface area contributed by atoms with E-state index in [0.29, 0.717) is 0 Å². The minimum Gasteiger partial charge on any atom is -0.492 e. The number of sulfonamides is 1. The molecular weight excluding hydrogens is 302 g/mol. The number of carboxylic acid groups (broad SMARTS) is 1. The first kappa shape index (κ1) is 17.1. The monoisotopic (exact) mass is 319 g/mol. The average Bonchev–Trinajstić information content (AvgIpc) is 2.43. The van der Waals surface area contributed by atoms with Crippen LogP contribution in [0.2, 0.25) is 0 Å². The molecule has 9 heteroatoms. The van der Waals surface area contributed by atoms with Gasteiger partial charge in [0.2, 0.25) is 15.8 Å². The number of methoxy groups -OCH3 is 3. The summed E-state index contributed by atoms with van der Waals surface area (Å²) in [6.07, 6.45) is 0. The van der Waals surface area contributed by atoms with Gasteiger partial charge in [-0.25, -0.2) is 17.5 Å². The molecule has 0 aromatic heterocycles. The lowest BCUT2D eigenvalue weighted by Gasteiger charge is -2.19. The lowest BCUT2D eigenvalue weighted by Crippen LogP contribution is -2.23. The molecule has 0 aliphatic rings.